The second-order valence-electron chi connectivity index (χ2n) is 8.09. The maximum absolute atomic E-state index is 13.3. The van der Waals surface area contributed by atoms with Crippen molar-refractivity contribution in [2.24, 2.45) is 4.99 Å². The monoisotopic (exact) mass is 389 g/mol. The minimum Gasteiger partial charge on any atom is -0.332 e. The van der Waals surface area contributed by atoms with Crippen LogP contribution in [-0.4, -0.2) is 49.1 Å². The molecule has 0 aromatic heterocycles. The summed E-state index contributed by atoms with van der Waals surface area (Å²) in [5.74, 6) is 0.0206. The first kappa shape index (κ1) is 19.4. The molecule has 150 valence electrons. The van der Waals surface area contributed by atoms with E-state index in [1.807, 2.05) is 69.3 Å². The van der Waals surface area contributed by atoms with Crippen molar-refractivity contribution in [1.82, 2.24) is 4.90 Å². The van der Waals surface area contributed by atoms with Gasteiger partial charge in [0.1, 0.15) is 0 Å². The molecule has 3 aliphatic heterocycles. The summed E-state index contributed by atoms with van der Waals surface area (Å²) < 4.78 is 0. The Balaban J connectivity index is 1.83. The van der Waals surface area contributed by atoms with Crippen molar-refractivity contribution in [2.75, 3.05) is 25.0 Å². The minimum absolute atomic E-state index is 0.0340. The molecule has 4 rings (SSSR count). The maximum Gasteiger partial charge on any atom is 0.255 e. The van der Waals surface area contributed by atoms with Crippen LogP contribution in [0.3, 0.4) is 0 Å². The number of nitrogens with zero attached hydrogens (tertiary/aromatic N) is 3. The van der Waals surface area contributed by atoms with E-state index in [2.05, 4.69) is 11.1 Å². The van der Waals surface area contributed by atoms with Crippen LogP contribution < -0.4 is 4.90 Å². The summed E-state index contributed by atoms with van der Waals surface area (Å²) in [6.07, 6.45) is 8.76. The smallest absolute Gasteiger partial charge is 0.255 e. The highest BCUT2D eigenvalue weighted by Crippen LogP contribution is 2.40. The van der Waals surface area contributed by atoms with E-state index >= 15 is 0 Å². The molecule has 1 unspecified atom stereocenters. The lowest BCUT2D eigenvalue weighted by Crippen LogP contribution is -2.41. The van der Waals surface area contributed by atoms with Crippen molar-refractivity contribution >= 4 is 29.3 Å². The fourth-order valence-corrected chi connectivity index (χ4v) is 4.30. The van der Waals surface area contributed by atoms with Crippen molar-refractivity contribution in [3.8, 4) is 0 Å². The number of aliphatic imine (C=N–C) groups is 1. The Morgan fingerprint density at radius 1 is 1.24 bits per heavy atom. The van der Waals surface area contributed by atoms with Gasteiger partial charge < -0.3 is 9.80 Å². The van der Waals surface area contributed by atoms with Gasteiger partial charge in [-0.2, -0.15) is 0 Å². The Labute approximate surface area is 172 Å². The molecule has 5 nitrogen and oxygen atoms in total. The summed E-state index contributed by atoms with van der Waals surface area (Å²) in [7, 11) is 1.82. The molecule has 29 heavy (non-hydrogen) atoms. The standard InChI is InChI=1S/C24H27N3O2/c1-5-19-21-11-16(8-9-22(21)26(4)23(19)28)20-12-18(17-7-6-10-25-13-17)14-27(15(2)3)24(20)29/h6-9,11-13,15,19H,5,10,14H2,1-4H3. The summed E-state index contributed by atoms with van der Waals surface area (Å²) >= 11 is 0. The van der Waals surface area contributed by atoms with E-state index < -0.39 is 0 Å². The number of benzene rings is 1. The van der Waals surface area contributed by atoms with Crippen molar-refractivity contribution < 1.29 is 9.59 Å². The zero-order valence-corrected chi connectivity index (χ0v) is 17.5. The lowest BCUT2D eigenvalue weighted by Gasteiger charge is -2.33. The highest BCUT2D eigenvalue weighted by molar-refractivity contribution is 6.21. The maximum atomic E-state index is 13.3. The molecule has 3 aliphatic rings. The molecule has 0 fully saturated rings. The van der Waals surface area contributed by atoms with Gasteiger partial charge in [-0.05, 0) is 60.8 Å². The van der Waals surface area contributed by atoms with Crippen LogP contribution in [0.2, 0.25) is 0 Å². The number of carbonyl (C=O) groups is 2. The third kappa shape index (κ3) is 3.24. The van der Waals surface area contributed by atoms with Gasteiger partial charge in [-0.25, -0.2) is 0 Å². The zero-order chi connectivity index (χ0) is 20.7. The summed E-state index contributed by atoms with van der Waals surface area (Å²) in [5, 5.41) is 0. The molecule has 0 spiro atoms. The van der Waals surface area contributed by atoms with Crippen molar-refractivity contribution in [3.63, 3.8) is 0 Å². The van der Waals surface area contributed by atoms with Crippen LogP contribution in [0.25, 0.3) is 5.57 Å². The number of rotatable bonds is 3. The van der Waals surface area contributed by atoms with Gasteiger partial charge in [0, 0.05) is 37.1 Å². The second kappa shape index (κ2) is 7.47. The molecular weight excluding hydrogens is 362 g/mol. The predicted octanol–water partition coefficient (Wildman–Crippen LogP) is 3.73. The van der Waals surface area contributed by atoms with Gasteiger partial charge in [-0.3, -0.25) is 14.6 Å². The first-order valence-electron chi connectivity index (χ1n) is 10.3. The van der Waals surface area contributed by atoms with Gasteiger partial charge in [0.2, 0.25) is 5.91 Å². The fourth-order valence-electron chi connectivity index (χ4n) is 4.30. The molecule has 1 aromatic carbocycles. The van der Waals surface area contributed by atoms with Crippen molar-refractivity contribution in [1.29, 1.82) is 0 Å². The average molecular weight is 389 g/mol. The van der Waals surface area contributed by atoms with E-state index in [0.29, 0.717) is 18.7 Å². The molecule has 3 heterocycles. The first-order valence-corrected chi connectivity index (χ1v) is 10.3. The van der Waals surface area contributed by atoms with E-state index in [1.165, 1.54) is 0 Å². The Kier molecular flexibility index (Phi) is 4.99. The predicted molar refractivity (Wildman–Crippen MR) is 117 cm³/mol. The van der Waals surface area contributed by atoms with E-state index in [1.54, 1.807) is 4.90 Å². The van der Waals surface area contributed by atoms with Gasteiger partial charge in [-0.15, -0.1) is 0 Å². The van der Waals surface area contributed by atoms with E-state index in [-0.39, 0.29) is 23.8 Å². The number of anilines is 1. The number of likely N-dealkylation sites (N-methyl/N-ethyl adjacent to an activating group) is 1. The molecular formula is C24H27N3O2. The molecule has 0 bridgehead atoms. The molecule has 0 saturated carbocycles. The van der Waals surface area contributed by atoms with E-state index in [0.717, 1.165) is 34.4 Å². The Morgan fingerprint density at radius 2 is 2.03 bits per heavy atom. The van der Waals surface area contributed by atoms with Crippen LogP contribution in [0.4, 0.5) is 5.69 Å². The number of allylic oxidation sites excluding steroid dienone is 2. The topological polar surface area (TPSA) is 53.0 Å². The van der Waals surface area contributed by atoms with Crippen LogP contribution >= 0.6 is 0 Å². The number of hydrogen-bond acceptors (Lipinski definition) is 3. The van der Waals surface area contributed by atoms with Crippen molar-refractivity contribution in [3.05, 3.63) is 58.7 Å². The third-order valence-electron chi connectivity index (χ3n) is 6.00. The molecule has 1 atom stereocenters. The van der Waals surface area contributed by atoms with Crippen LogP contribution in [0.5, 0.6) is 0 Å². The number of fused-ring (bicyclic) bond motifs is 1. The Hall–Kier alpha value is -2.95. The quantitative estimate of drug-likeness (QED) is 0.791. The molecule has 0 saturated heterocycles. The normalized spacial score (nSPS) is 23.9. The number of amides is 2. The molecule has 0 radical (unpaired) electrons. The highest BCUT2D eigenvalue weighted by atomic mass is 16.2. The second-order valence-corrected chi connectivity index (χ2v) is 8.09. The van der Waals surface area contributed by atoms with Crippen LogP contribution in [0, 0.1) is 0 Å². The molecule has 0 N–H and O–H groups in total. The molecule has 2 amide bonds. The van der Waals surface area contributed by atoms with E-state index in [9.17, 15) is 9.59 Å². The first-order chi connectivity index (χ1) is 13.9. The van der Waals surface area contributed by atoms with Crippen LogP contribution in [0.15, 0.2) is 52.6 Å². The SMILES string of the molecule is CCC1C(=O)N(C)c2ccc(C3=CC(=C4C=CCN=C4)CN(C(C)C)C3=O)cc21. The van der Waals surface area contributed by atoms with Crippen LogP contribution in [-0.2, 0) is 9.59 Å². The van der Waals surface area contributed by atoms with Gasteiger partial charge in [0.05, 0.1) is 12.5 Å². The van der Waals surface area contributed by atoms with Gasteiger partial charge in [0.15, 0.2) is 0 Å². The third-order valence-corrected chi connectivity index (χ3v) is 6.00. The van der Waals surface area contributed by atoms with Gasteiger partial charge >= 0.3 is 0 Å². The minimum atomic E-state index is -0.137. The van der Waals surface area contributed by atoms with Crippen LogP contribution in [0.1, 0.15) is 44.2 Å². The summed E-state index contributed by atoms with van der Waals surface area (Å²) in [6, 6.07) is 6.05. The zero-order valence-electron chi connectivity index (χ0n) is 17.5. The highest BCUT2D eigenvalue weighted by Gasteiger charge is 2.35. The van der Waals surface area contributed by atoms with E-state index in [4.69, 9.17) is 0 Å². The van der Waals surface area contributed by atoms with Crippen molar-refractivity contribution in [2.45, 2.75) is 39.2 Å². The summed E-state index contributed by atoms with van der Waals surface area (Å²) in [4.78, 5) is 33.8. The largest absolute Gasteiger partial charge is 0.332 e. The number of hydrogen-bond donors (Lipinski definition) is 0. The fraction of sp³-hybridized carbons (Fsp3) is 0.375. The Bertz CT molecular complexity index is 983. The summed E-state index contributed by atoms with van der Waals surface area (Å²) in [5.41, 5.74) is 5.65. The molecule has 5 heteroatoms. The summed E-state index contributed by atoms with van der Waals surface area (Å²) in [6.45, 7) is 7.39. The average Bonchev–Trinajstić information content (AvgIpc) is 2.97. The lowest BCUT2D eigenvalue weighted by molar-refractivity contribution is -0.126. The molecule has 1 aromatic rings. The van der Waals surface area contributed by atoms with Gasteiger partial charge in [-0.1, -0.05) is 25.1 Å². The lowest BCUT2D eigenvalue weighted by atomic mass is 9.90. The van der Waals surface area contributed by atoms with Gasteiger partial charge in [0.25, 0.3) is 5.91 Å². The Morgan fingerprint density at radius 3 is 2.69 bits per heavy atom. The number of carbonyl (C=O) groups excluding carboxylic acids is 2. The number of dihydropyridines is 1. The molecule has 0 aliphatic carbocycles.